The van der Waals surface area contributed by atoms with Gasteiger partial charge in [-0.15, -0.1) is 0 Å². The molecule has 1 aromatic carbocycles. The Balaban J connectivity index is 1.64. The Kier molecular flexibility index (Phi) is 3.68. The summed E-state index contributed by atoms with van der Waals surface area (Å²) in [6.07, 6.45) is 3.70. The van der Waals surface area contributed by atoms with Gasteiger partial charge in [0.25, 0.3) is 0 Å². The van der Waals surface area contributed by atoms with Crippen LogP contribution in [0.15, 0.2) is 24.3 Å². The van der Waals surface area contributed by atoms with Gasteiger partial charge in [0, 0.05) is 13.1 Å². The zero-order chi connectivity index (χ0) is 14.9. The molecule has 1 heterocycles. The molecule has 0 aliphatic heterocycles. The quantitative estimate of drug-likeness (QED) is 0.899. The fraction of sp³-hybridized carbons (Fsp3) is 0.500. The molecule has 1 aliphatic rings. The van der Waals surface area contributed by atoms with E-state index in [-0.39, 0.29) is 5.91 Å². The molecule has 3 rings (SSSR count). The van der Waals surface area contributed by atoms with Crippen LogP contribution in [0.2, 0.25) is 0 Å². The van der Waals surface area contributed by atoms with Crippen LogP contribution in [0.5, 0.6) is 0 Å². The van der Waals surface area contributed by atoms with Gasteiger partial charge >= 0.3 is 0 Å². The second-order valence-corrected chi connectivity index (χ2v) is 5.92. The number of hydrogen-bond donors (Lipinski definition) is 2. The van der Waals surface area contributed by atoms with Crippen LogP contribution in [0.1, 0.15) is 31.5 Å². The van der Waals surface area contributed by atoms with Gasteiger partial charge in [-0.25, -0.2) is 4.98 Å². The number of imidazole rings is 1. The minimum Gasteiger partial charge on any atom is -0.353 e. The predicted octanol–water partition coefficient (Wildman–Crippen LogP) is 1.73. The zero-order valence-corrected chi connectivity index (χ0v) is 12.4. The van der Waals surface area contributed by atoms with Crippen molar-refractivity contribution in [3.63, 3.8) is 0 Å². The van der Waals surface area contributed by atoms with Crippen LogP contribution in [0.25, 0.3) is 11.0 Å². The van der Waals surface area contributed by atoms with Crippen LogP contribution in [0, 0.1) is 6.92 Å². The monoisotopic (exact) mass is 286 g/mol. The van der Waals surface area contributed by atoms with Gasteiger partial charge in [-0.3, -0.25) is 4.79 Å². The molecule has 0 radical (unpaired) electrons. The third kappa shape index (κ3) is 2.65. The molecule has 0 atom stereocenters. The topological polar surface area (TPSA) is 72.9 Å². The molecule has 5 heteroatoms. The Labute approximate surface area is 124 Å². The number of benzene rings is 1. The second-order valence-electron chi connectivity index (χ2n) is 5.92. The third-order valence-corrected chi connectivity index (χ3v) is 4.41. The summed E-state index contributed by atoms with van der Waals surface area (Å²) in [4.78, 5) is 16.7. The molecule has 1 aliphatic carbocycles. The molecule has 1 saturated carbocycles. The van der Waals surface area contributed by atoms with Crippen LogP contribution >= 0.6 is 0 Å². The summed E-state index contributed by atoms with van der Waals surface area (Å²) < 4.78 is 2.13. The molecule has 5 nitrogen and oxygen atoms in total. The van der Waals surface area contributed by atoms with Gasteiger partial charge in [0.1, 0.15) is 5.82 Å². The Bertz CT molecular complexity index is 655. The van der Waals surface area contributed by atoms with E-state index in [9.17, 15) is 4.79 Å². The highest BCUT2D eigenvalue weighted by Gasteiger charge is 2.36. The summed E-state index contributed by atoms with van der Waals surface area (Å²) in [5, 5.41) is 2.98. The number of carbonyl (C=O) groups excluding carboxylic acids is 1. The number of amides is 1. The zero-order valence-electron chi connectivity index (χ0n) is 12.4. The van der Waals surface area contributed by atoms with Crippen molar-refractivity contribution in [3.8, 4) is 0 Å². The first-order chi connectivity index (χ1) is 10.1. The number of aryl methyl sites for hydroxylation is 1. The van der Waals surface area contributed by atoms with E-state index in [1.807, 2.05) is 25.1 Å². The molecular weight excluding hydrogens is 264 g/mol. The lowest BCUT2D eigenvalue weighted by molar-refractivity contribution is -0.126. The van der Waals surface area contributed by atoms with Crippen molar-refractivity contribution in [1.29, 1.82) is 0 Å². The fourth-order valence-electron chi connectivity index (χ4n) is 3.17. The fourth-order valence-corrected chi connectivity index (χ4v) is 3.17. The average molecular weight is 286 g/mol. The van der Waals surface area contributed by atoms with Gasteiger partial charge in [-0.2, -0.15) is 0 Å². The highest BCUT2D eigenvalue weighted by molar-refractivity contribution is 5.86. The summed E-state index contributed by atoms with van der Waals surface area (Å²) >= 11 is 0. The number of hydrogen-bond acceptors (Lipinski definition) is 3. The van der Waals surface area contributed by atoms with Gasteiger partial charge < -0.3 is 15.6 Å². The van der Waals surface area contributed by atoms with Crippen molar-refractivity contribution in [2.45, 2.75) is 44.7 Å². The number of carbonyl (C=O) groups is 1. The molecule has 0 unspecified atom stereocenters. The summed E-state index contributed by atoms with van der Waals surface area (Å²) in [7, 11) is 0. The average Bonchev–Trinajstić information content (AvgIpc) is 3.04. The number of nitrogens with zero attached hydrogens (tertiary/aromatic N) is 2. The molecule has 0 bridgehead atoms. The highest BCUT2D eigenvalue weighted by atomic mass is 16.2. The van der Waals surface area contributed by atoms with E-state index in [1.54, 1.807) is 0 Å². The molecule has 21 heavy (non-hydrogen) atoms. The van der Waals surface area contributed by atoms with Crippen molar-refractivity contribution in [1.82, 2.24) is 14.9 Å². The minimum atomic E-state index is -0.647. The molecule has 1 fully saturated rings. The van der Waals surface area contributed by atoms with Crippen molar-refractivity contribution < 1.29 is 4.79 Å². The molecule has 0 spiro atoms. The van der Waals surface area contributed by atoms with E-state index in [1.165, 1.54) is 0 Å². The number of para-hydroxylation sites is 2. The normalized spacial score (nSPS) is 17.2. The van der Waals surface area contributed by atoms with E-state index in [0.717, 1.165) is 42.5 Å². The van der Waals surface area contributed by atoms with Crippen molar-refractivity contribution in [3.05, 3.63) is 30.1 Å². The molecule has 112 valence electrons. The van der Waals surface area contributed by atoms with Crippen molar-refractivity contribution >= 4 is 16.9 Å². The lowest BCUT2D eigenvalue weighted by Gasteiger charge is -2.22. The van der Waals surface area contributed by atoms with Gasteiger partial charge in [0.2, 0.25) is 5.91 Å². The maximum Gasteiger partial charge on any atom is 0.240 e. The first-order valence-corrected chi connectivity index (χ1v) is 7.59. The largest absolute Gasteiger partial charge is 0.353 e. The SMILES string of the molecule is Cc1nc2ccccc2n1CCNC(=O)C1(N)CCCC1. The van der Waals surface area contributed by atoms with Crippen LogP contribution < -0.4 is 11.1 Å². The van der Waals surface area contributed by atoms with Gasteiger partial charge in [-0.1, -0.05) is 25.0 Å². The minimum absolute atomic E-state index is 0.0120. The Hall–Kier alpha value is -1.88. The van der Waals surface area contributed by atoms with E-state index in [0.29, 0.717) is 13.1 Å². The first kappa shape index (κ1) is 14.1. The van der Waals surface area contributed by atoms with Crippen molar-refractivity contribution in [2.24, 2.45) is 5.73 Å². The Morgan fingerprint density at radius 3 is 2.86 bits per heavy atom. The van der Waals surface area contributed by atoms with E-state index >= 15 is 0 Å². The van der Waals surface area contributed by atoms with Crippen molar-refractivity contribution in [2.75, 3.05) is 6.54 Å². The van der Waals surface area contributed by atoms with E-state index in [4.69, 9.17) is 5.73 Å². The third-order valence-electron chi connectivity index (χ3n) is 4.41. The molecule has 1 aromatic heterocycles. The van der Waals surface area contributed by atoms with Crippen LogP contribution in [-0.2, 0) is 11.3 Å². The van der Waals surface area contributed by atoms with Gasteiger partial charge in [-0.05, 0) is 31.9 Å². The smallest absolute Gasteiger partial charge is 0.240 e. The maximum atomic E-state index is 12.2. The van der Waals surface area contributed by atoms with Crippen LogP contribution in [0.3, 0.4) is 0 Å². The van der Waals surface area contributed by atoms with Gasteiger partial charge in [0.05, 0.1) is 16.6 Å². The maximum absolute atomic E-state index is 12.2. The molecule has 0 saturated heterocycles. The lowest BCUT2D eigenvalue weighted by Crippen LogP contribution is -2.52. The Morgan fingerprint density at radius 1 is 1.38 bits per heavy atom. The summed E-state index contributed by atoms with van der Waals surface area (Å²) in [5.74, 6) is 0.954. The molecule has 2 aromatic rings. The number of nitrogens with one attached hydrogen (secondary N) is 1. The van der Waals surface area contributed by atoms with E-state index < -0.39 is 5.54 Å². The number of fused-ring (bicyclic) bond motifs is 1. The first-order valence-electron chi connectivity index (χ1n) is 7.59. The summed E-state index contributed by atoms with van der Waals surface area (Å²) in [5.41, 5.74) is 7.60. The summed E-state index contributed by atoms with van der Waals surface area (Å²) in [6.45, 7) is 3.29. The second kappa shape index (κ2) is 5.48. The number of nitrogens with two attached hydrogens (primary N) is 1. The Morgan fingerprint density at radius 2 is 2.10 bits per heavy atom. The predicted molar refractivity (Wildman–Crippen MR) is 82.9 cm³/mol. The molecular formula is C16H22N4O. The van der Waals surface area contributed by atoms with Crippen LogP contribution in [-0.4, -0.2) is 27.5 Å². The number of aromatic nitrogens is 2. The highest BCUT2D eigenvalue weighted by Crippen LogP contribution is 2.27. The van der Waals surface area contributed by atoms with E-state index in [2.05, 4.69) is 20.9 Å². The lowest BCUT2D eigenvalue weighted by atomic mass is 9.98. The standard InChI is InChI=1S/C16H22N4O/c1-12-19-13-6-2-3-7-14(13)20(12)11-10-18-15(21)16(17)8-4-5-9-16/h2-3,6-7H,4-5,8-11,17H2,1H3,(H,18,21). The number of rotatable bonds is 4. The molecule has 3 N–H and O–H groups in total. The molecule has 1 amide bonds. The van der Waals surface area contributed by atoms with Gasteiger partial charge in [0.15, 0.2) is 0 Å². The van der Waals surface area contributed by atoms with Crippen LogP contribution in [0.4, 0.5) is 0 Å². The summed E-state index contributed by atoms with van der Waals surface area (Å²) in [6, 6.07) is 8.05.